The molecule has 1 saturated carbocycles. The fourth-order valence-corrected chi connectivity index (χ4v) is 3.58. The zero-order chi connectivity index (χ0) is 18.3. The average molecular weight is 356 g/mol. The van der Waals surface area contributed by atoms with E-state index in [0.717, 1.165) is 29.9 Å². The molecule has 2 aliphatic rings. The zero-order valence-corrected chi connectivity index (χ0v) is 15.0. The summed E-state index contributed by atoms with van der Waals surface area (Å²) in [5.74, 6) is 0.383. The van der Waals surface area contributed by atoms with E-state index in [1.807, 2.05) is 28.6 Å². The van der Waals surface area contributed by atoms with E-state index in [4.69, 9.17) is 0 Å². The van der Waals surface area contributed by atoms with Gasteiger partial charge in [-0.15, -0.1) is 0 Å². The number of amides is 1. The highest BCUT2D eigenvalue weighted by Gasteiger charge is 2.33. The lowest BCUT2D eigenvalue weighted by Crippen LogP contribution is -2.39. The standard InChI is InChI=1S/C19H24N4O3/c1-13-3-2-4-18(25)22(13)8-7-17(24)21-9-10-23-15(12-21)11-16(20-23)19(26)14-5-6-14/h2-4,11,14,19,26H,5-10,12H2,1H3/t19-/m0/s1. The third-order valence-electron chi connectivity index (χ3n) is 5.36. The molecule has 4 rings (SSSR count). The lowest BCUT2D eigenvalue weighted by Gasteiger charge is -2.28. The molecule has 7 nitrogen and oxygen atoms in total. The Morgan fingerprint density at radius 3 is 2.88 bits per heavy atom. The second-order valence-corrected chi connectivity index (χ2v) is 7.29. The second kappa shape index (κ2) is 6.72. The molecule has 0 saturated heterocycles. The normalized spacial score (nSPS) is 17.8. The molecule has 1 amide bonds. The van der Waals surface area contributed by atoms with Crippen molar-refractivity contribution in [1.82, 2.24) is 19.2 Å². The van der Waals surface area contributed by atoms with Gasteiger partial charge < -0.3 is 14.6 Å². The number of pyridine rings is 1. The number of hydrogen-bond donors (Lipinski definition) is 1. The summed E-state index contributed by atoms with van der Waals surface area (Å²) in [5, 5.41) is 14.8. The average Bonchev–Trinajstić information content (AvgIpc) is 3.38. The highest BCUT2D eigenvalue weighted by Crippen LogP contribution is 2.40. The smallest absolute Gasteiger partial charge is 0.250 e. The SMILES string of the molecule is Cc1cccc(=O)n1CCC(=O)N1CCn2nc([C@@H](O)C3CC3)cc2C1. The first kappa shape index (κ1) is 17.0. The van der Waals surface area contributed by atoms with Gasteiger partial charge in [0, 0.05) is 31.3 Å². The topological polar surface area (TPSA) is 80.4 Å². The fourth-order valence-electron chi connectivity index (χ4n) is 3.58. The van der Waals surface area contributed by atoms with Crippen molar-refractivity contribution in [2.45, 2.75) is 51.9 Å². The van der Waals surface area contributed by atoms with Crippen molar-refractivity contribution in [3.8, 4) is 0 Å². The molecule has 0 spiro atoms. The Morgan fingerprint density at radius 2 is 2.15 bits per heavy atom. The van der Waals surface area contributed by atoms with E-state index in [9.17, 15) is 14.7 Å². The summed E-state index contributed by atoms with van der Waals surface area (Å²) in [6.07, 6.45) is 1.94. The molecule has 138 valence electrons. The number of carbonyl (C=O) groups is 1. The molecule has 1 aliphatic carbocycles. The number of fused-ring (bicyclic) bond motifs is 1. The minimum Gasteiger partial charge on any atom is -0.386 e. The van der Waals surface area contributed by atoms with Crippen LogP contribution < -0.4 is 5.56 Å². The van der Waals surface area contributed by atoms with Crippen molar-refractivity contribution < 1.29 is 9.90 Å². The number of rotatable bonds is 5. The van der Waals surface area contributed by atoms with Crippen molar-refractivity contribution >= 4 is 5.91 Å². The van der Waals surface area contributed by atoms with Crippen LogP contribution >= 0.6 is 0 Å². The van der Waals surface area contributed by atoms with Crippen LogP contribution in [0, 0.1) is 12.8 Å². The van der Waals surface area contributed by atoms with E-state index in [0.29, 0.717) is 38.5 Å². The molecular formula is C19H24N4O3. The Hall–Kier alpha value is -2.41. The largest absolute Gasteiger partial charge is 0.386 e. The molecule has 2 aromatic rings. The van der Waals surface area contributed by atoms with Crippen LogP contribution in [-0.2, 0) is 24.4 Å². The Kier molecular flexibility index (Phi) is 4.40. The van der Waals surface area contributed by atoms with E-state index in [1.54, 1.807) is 10.6 Å². The summed E-state index contributed by atoms with van der Waals surface area (Å²) in [4.78, 5) is 26.3. The first-order chi connectivity index (χ1) is 12.5. The molecule has 0 unspecified atom stereocenters. The van der Waals surface area contributed by atoms with Gasteiger partial charge in [0.1, 0.15) is 6.10 Å². The molecule has 0 bridgehead atoms. The Bertz CT molecular complexity index is 881. The van der Waals surface area contributed by atoms with E-state index in [1.165, 1.54) is 6.07 Å². The van der Waals surface area contributed by atoms with E-state index < -0.39 is 6.10 Å². The number of aryl methyl sites for hydroxylation is 1. The van der Waals surface area contributed by atoms with Gasteiger partial charge in [-0.3, -0.25) is 14.3 Å². The van der Waals surface area contributed by atoms with E-state index in [2.05, 4.69) is 5.10 Å². The summed E-state index contributed by atoms with van der Waals surface area (Å²) in [6, 6.07) is 7.05. The van der Waals surface area contributed by atoms with Crippen LogP contribution in [0.5, 0.6) is 0 Å². The fraction of sp³-hybridized carbons (Fsp3) is 0.526. The predicted molar refractivity (Wildman–Crippen MR) is 95.4 cm³/mol. The Labute approximate surface area is 151 Å². The molecule has 0 aromatic carbocycles. The maximum Gasteiger partial charge on any atom is 0.250 e. The molecule has 1 atom stereocenters. The van der Waals surface area contributed by atoms with Crippen molar-refractivity contribution in [3.63, 3.8) is 0 Å². The molecule has 3 heterocycles. The van der Waals surface area contributed by atoms with E-state index >= 15 is 0 Å². The molecule has 1 N–H and O–H groups in total. The lowest BCUT2D eigenvalue weighted by atomic mass is 10.1. The van der Waals surface area contributed by atoms with Gasteiger partial charge in [0.05, 0.1) is 24.5 Å². The van der Waals surface area contributed by atoms with Crippen LogP contribution in [0.25, 0.3) is 0 Å². The molecule has 2 aromatic heterocycles. The van der Waals surface area contributed by atoms with Crippen LogP contribution in [0.4, 0.5) is 0 Å². The predicted octanol–water partition coefficient (Wildman–Crippen LogP) is 1.23. The minimum atomic E-state index is -0.481. The molecule has 1 fully saturated rings. The molecule has 7 heteroatoms. The van der Waals surface area contributed by atoms with Crippen LogP contribution in [0.1, 0.15) is 42.4 Å². The van der Waals surface area contributed by atoms with Gasteiger partial charge in [-0.25, -0.2) is 0 Å². The van der Waals surface area contributed by atoms with Gasteiger partial charge in [-0.1, -0.05) is 6.07 Å². The van der Waals surface area contributed by atoms with Gasteiger partial charge in [0.15, 0.2) is 0 Å². The third kappa shape index (κ3) is 3.31. The Morgan fingerprint density at radius 1 is 1.35 bits per heavy atom. The number of aliphatic hydroxyl groups excluding tert-OH is 1. The van der Waals surface area contributed by atoms with Crippen LogP contribution in [0.15, 0.2) is 29.1 Å². The van der Waals surface area contributed by atoms with Crippen molar-refractivity contribution in [2.75, 3.05) is 6.54 Å². The molecular weight excluding hydrogens is 332 g/mol. The molecule has 1 aliphatic heterocycles. The number of aromatic nitrogens is 3. The van der Waals surface area contributed by atoms with Gasteiger partial charge in [-0.05, 0) is 37.8 Å². The monoisotopic (exact) mass is 356 g/mol. The van der Waals surface area contributed by atoms with Gasteiger partial charge in [-0.2, -0.15) is 5.10 Å². The summed E-state index contributed by atoms with van der Waals surface area (Å²) < 4.78 is 3.53. The summed E-state index contributed by atoms with van der Waals surface area (Å²) >= 11 is 0. The number of aliphatic hydroxyl groups is 1. The molecule has 0 radical (unpaired) electrons. The zero-order valence-electron chi connectivity index (χ0n) is 15.0. The summed E-state index contributed by atoms with van der Waals surface area (Å²) in [6.45, 7) is 4.02. The number of nitrogens with zero attached hydrogens (tertiary/aromatic N) is 4. The number of carbonyl (C=O) groups excluding carboxylic acids is 1. The summed E-state index contributed by atoms with van der Waals surface area (Å²) in [7, 11) is 0. The highest BCUT2D eigenvalue weighted by molar-refractivity contribution is 5.76. The van der Waals surface area contributed by atoms with Crippen LogP contribution in [-0.4, -0.2) is 36.8 Å². The second-order valence-electron chi connectivity index (χ2n) is 7.29. The Balaban J connectivity index is 1.40. The number of hydrogen-bond acceptors (Lipinski definition) is 4. The minimum absolute atomic E-state index is 0.0388. The van der Waals surface area contributed by atoms with E-state index in [-0.39, 0.29) is 11.5 Å². The van der Waals surface area contributed by atoms with Crippen molar-refractivity contribution in [1.29, 1.82) is 0 Å². The van der Waals surface area contributed by atoms with Gasteiger partial charge in [0.25, 0.3) is 5.56 Å². The highest BCUT2D eigenvalue weighted by atomic mass is 16.3. The van der Waals surface area contributed by atoms with Gasteiger partial charge in [0.2, 0.25) is 5.91 Å². The van der Waals surface area contributed by atoms with Crippen LogP contribution in [0.2, 0.25) is 0 Å². The third-order valence-corrected chi connectivity index (χ3v) is 5.36. The maximum atomic E-state index is 12.6. The van der Waals surface area contributed by atoms with Crippen molar-refractivity contribution in [2.24, 2.45) is 5.92 Å². The first-order valence-electron chi connectivity index (χ1n) is 9.22. The first-order valence-corrected chi connectivity index (χ1v) is 9.22. The van der Waals surface area contributed by atoms with Crippen LogP contribution in [0.3, 0.4) is 0 Å². The quantitative estimate of drug-likeness (QED) is 0.874. The van der Waals surface area contributed by atoms with Gasteiger partial charge >= 0.3 is 0 Å². The lowest BCUT2D eigenvalue weighted by molar-refractivity contribution is -0.133. The maximum absolute atomic E-state index is 12.6. The summed E-state index contributed by atoms with van der Waals surface area (Å²) in [5.41, 5.74) is 2.48. The van der Waals surface area contributed by atoms with Crippen molar-refractivity contribution in [3.05, 3.63) is 51.7 Å². The molecule has 26 heavy (non-hydrogen) atoms.